The van der Waals surface area contributed by atoms with Gasteiger partial charge in [-0.2, -0.15) is 0 Å². The van der Waals surface area contributed by atoms with Crippen LogP contribution in [0.4, 0.5) is 5.69 Å². The number of hydrogen-bond acceptors (Lipinski definition) is 5. The van der Waals surface area contributed by atoms with Crippen molar-refractivity contribution in [2.75, 3.05) is 33.0 Å². The minimum atomic E-state index is -0.407. The second-order valence-corrected chi connectivity index (χ2v) is 5.47. The summed E-state index contributed by atoms with van der Waals surface area (Å²) < 4.78 is 11.0. The molecular formula is C18H22N2O3. The van der Waals surface area contributed by atoms with Crippen molar-refractivity contribution in [3.8, 4) is 5.75 Å². The molecule has 2 N–H and O–H groups in total. The first-order valence-corrected chi connectivity index (χ1v) is 7.44. The molecule has 0 aliphatic heterocycles. The summed E-state index contributed by atoms with van der Waals surface area (Å²) in [5.74, 6) is 0.0265. The van der Waals surface area contributed by atoms with Gasteiger partial charge in [-0.05, 0) is 31.8 Å². The van der Waals surface area contributed by atoms with Gasteiger partial charge in [0.1, 0.15) is 24.5 Å². The zero-order chi connectivity index (χ0) is 16.7. The topological polar surface area (TPSA) is 64.8 Å². The molecule has 0 aromatic heterocycles. The third kappa shape index (κ3) is 5.30. The fourth-order valence-corrected chi connectivity index (χ4v) is 1.96. The first kappa shape index (κ1) is 16.8. The van der Waals surface area contributed by atoms with Crippen molar-refractivity contribution in [2.24, 2.45) is 0 Å². The summed E-state index contributed by atoms with van der Waals surface area (Å²) in [5.41, 5.74) is 7.74. The molecular weight excluding hydrogens is 292 g/mol. The molecule has 0 aliphatic carbocycles. The molecule has 0 fully saturated rings. The molecule has 2 rings (SSSR count). The number of esters is 1. The lowest BCUT2D eigenvalue weighted by Gasteiger charge is -2.13. The second-order valence-electron chi connectivity index (χ2n) is 5.47. The van der Waals surface area contributed by atoms with E-state index in [0.717, 1.165) is 5.56 Å². The maximum Gasteiger partial charge on any atom is 0.341 e. The molecule has 122 valence electrons. The van der Waals surface area contributed by atoms with Gasteiger partial charge in [0.25, 0.3) is 0 Å². The van der Waals surface area contributed by atoms with Crippen molar-refractivity contribution in [2.45, 2.75) is 6.61 Å². The number of anilines is 1. The lowest BCUT2D eigenvalue weighted by Crippen LogP contribution is -2.20. The normalized spacial score (nSPS) is 10.6. The van der Waals surface area contributed by atoms with Crippen LogP contribution in [0.5, 0.6) is 5.75 Å². The molecule has 0 amide bonds. The maximum atomic E-state index is 12.2. The Balaban J connectivity index is 2.06. The number of ether oxygens (including phenoxy) is 2. The Labute approximate surface area is 136 Å². The molecule has 0 saturated heterocycles. The average Bonchev–Trinajstić information content (AvgIpc) is 2.53. The highest BCUT2D eigenvalue weighted by molar-refractivity contribution is 5.93. The number of carbonyl (C=O) groups is 1. The number of nitrogens with two attached hydrogens (primary N) is 1. The van der Waals surface area contributed by atoms with Crippen LogP contribution in [0, 0.1) is 0 Å². The van der Waals surface area contributed by atoms with E-state index >= 15 is 0 Å². The first-order chi connectivity index (χ1) is 11.1. The molecule has 23 heavy (non-hydrogen) atoms. The van der Waals surface area contributed by atoms with Crippen LogP contribution in [0.25, 0.3) is 0 Å². The van der Waals surface area contributed by atoms with Crippen LogP contribution in [0.3, 0.4) is 0 Å². The third-order valence-corrected chi connectivity index (χ3v) is 3.23. The summed E-state index contributed by atoms with van der Waals surface area (Å²) in [6, 6.07) is 14.7. The van der Waals surface area contributed by atoms with Gasteiger partial charge in [0.2, 0.25) is 0 Å². The number of hydrogen-bond donors (Lipinski definition) is 1. The molecule has 0 saturated carbocycles. The van der Waals surface area contributed by atoms with Gasteiger partial charge >= 0.3 is 5.97 Å². The Hall–Kier alpha value is -2.53. The average molecular weight is 314 g/mol. The van der Waals surface area contributed by atoms with Crippen molar-refractivity contribution >= 4 is 11.7 Å². The number of nitrogen functional groups attached to an aromatic ring is 1. The lowest BCUT2D eigenvalue weighted by atomic mass is 10.2. The predicted octanol–water partition coefficient (Wildman–Crippen LogP) is 2.57. The van der Waals surface area contributed by atoms with Gasteiger partial charge in [-0.25, -0.2) is 4.79 Å². The molecule has 0 aliphatic rings. The van der Waals surface area contributed by atoms with Gasteiger partial charge < -0.3 is 20.1 Å². The molecule has 0 spiro atoms. The fraction of sp³-hybridized carbons (Fsp3) is 0.278. The Kier molecular flexibility index (Phi) is 6.00. The quantitative estimate of drug-likeness (QED) is 0.628. The molecule has 2 aromatic rings. The molecule has 2 aromatic carbocycles. The van der Waals surface area contributed by atoms with Crippen LogP contribution in [-0.2, 0) is 11.3 Å². The fourth-order valence-electron chi connectivity index (χ4n) is 1.96. The summed E-state index contributed by atoms with van der Waals surface area (Å²) in [6.45, 7) is 1.36. The highest BCUT2D eigenvalue weighted by Gasteiger charge is 2.15. The Morgan fingerprint density at radius 1 is 1.13 bits per heavy atom. The number of benzene rings is 2. The van der Waals surface area contributed by atoms with Crippen LogP contribution in [0.2, 0.25) is 0 Å². The van der Waals surface area contributed by atoms with Crippen molar-refractivity contribution in [1.82, 2.24) is 4.90 Å². The Morgan fingerprint density at radius 3 is 2.57 bits per heavy atom. The van der Waals surface area contributed by atoms with Crippen LogP contribution in [0.1, 0.15) is 15.9 Å². The predicted molar refractivity (Wildman–Crippen MR) is 90.5 cm³/mol. The molecule has 5 nitrogen and oxygen atoms in total. The minimum absolute atomic E-state index is 0.328. The first-order valence-electron chi connectivity index (χ1n) is 7.44. The molecule has 0 heterocycles. The van der Waals surface area contributed by atoms with Gasteiger partial charge in [0.15, 0.2) is 0 Å². The largest absolute Gasteiger partial charge is 0.488 e. The van der Waals surface area contributed by atoms with E-state index in [0.29, 0.717) is 36.8 Å². The summed E-state index contributed by atoms with van der Waals surface area (Å²) in [7, 11) is 3.84. The highest BCUT2D eigenvalue weighted by atomic mass is 16.5. The van der Waals surface area contributed by atoms with Crippen molar-refractivity contribution < 1.29 is 14.3 Å². The number of rotatable bonds is 7. The second kappa shape index (κ2) is 8.19. The van der Waals surface area contributed by atoms with Gasteiger partial charge in [-0.15, -0.1) is 0 Å². The van der Waals surface area contributed by atoms with Crippen LogP contribution >= 0.6 is 0 Å². The molecule has 0 bridgehead atoms. The summed E-state index contributed by atoms with van der Waals surface area (Å²) in [5, 5.41) is 0. The number of carbonyl (C=O) groups excluding carboxylic acids is 1. The zero-order valence-corrected chi connectivity index (χ0v) is 13.5. The summed E-state index contributed by atoms with van der Waals surface area (Å²) in [4.78, 5) is 14.2. The molecule has 5 heteroatoms. The summed E-state index contributed by atoms with van der Waals surface area (Å²) in [6.07, 6.45) is 0. The molecule has 0 radical (unpaired) electrons. The van der Waals surface area contributed by atoms with E-state index in [4.69, 9.17) is 15.2 Å². The molecule has 0 unspecified atom stereocenters. The standard InChI is InChI=1S/C18H22N2O3/c1-20(2)10-11-22-18(21)16-9-8-15(19)12-17(16)23-13-14-6-4-3-5-7-14/h3-9,12H,10-11,13,19H2,1-2H3. The summed E-state index contributed by atoms with van der Waals surface area (Å²) >= 11 is 0. The Bertz CT molecular complexity index is 642. The molecule has 0 atom stereocenters. The van der Waals surface area contributed by atoms with Crippen molar-refractivity contribution in [1.29, 1.82) is 0 Å². The van der Waals surface area contributed by atoms with E-state index in [1.165, 1.54) is 0 Å². The minimum Gasteiger partial charge on any atom is -0.488 e. The number of likely N-dealkylation sites (N-methyl/N-ethyl adjacent to an activating group) is 1. The maximum absolute atomic E-state index is 12.2. The Morgan fingerprint density at radius 2 is 1.87 bits per heavy atom. The van der Waals surface area contributed by atoms with Gasteiger partial charge in [-0.1, -0.05) is 30.3 Å². The van der Waals surface area contributed by atoms with Gasteiger partial charge in [-0.3, -0.25) is 0 Å². The van der Waals surface area contributed by atoms with E-state index < -0.39 is 5.97 Å². The van der Waals surface area contributed by atoms with E-state index in [9.17, 15) is 4.79 Å². The van der Waals surface area contributed by atoms with Crippen molar-refractivity contribution in [3.63, 3.8) is 0 Å². The smallest absolute Gasteiger partial charge is 0.341 e. The lowest BCUT2D eigenvalue weighted by molar-refractivity contribution is 0.0477. The van der Waals surface area contributed by atoms with E-state index in [1.807, 2.05) is 49.3 Å². The van der Waals surface area contributed by atoms with Crippen LogP contribution < -0.4 is 10.5 Å². The SMILES string of the molecule is CN(C)CCOC(=O)c1ccc(N)cc1OCc1ccccc1. The van der Waals surface area contributed by atoms with Crippen LogP contribution in [-0.4, -0.2) is 38.1 Å². The zero-order valence-electron chi connectivity index (χ0n) is 13.5. The van der Waals surface area contributed by atoms with Gasteiger partial charge in [0, 0.05) is 18.3 Å². The van der Waals surface area contributed by atoms with Crippen molar-refractivity contribution in [3.05, 3.63) is 59.7 Å². The van der Waals surface area contributed by atoms with E-state index in [-0.39, 0.29) is 0 Å². The van der Waals surface area contributed by atoms with E-state index in [2.05, 4.69) is 0 Å². The third-order valence-electron chi connectivity index (χ3n) is 3.23. The monoisotopic (exact) mass is 314 g/mol. The highest BCUT2D eigenvalue weighted by Crippen LogP contribution is 2.24. The van der Waals surface area contributed by atoms with E-state index in [1.54, 1.807) is 18.2 Å². The number of nitrogens with zero attached hydrogens (tertiary/aromatic N) is 1. The van der Waals surface area contributed by atoms with Crippen LogP contribution in [0.15, 0.2) is 48.5 Å². The van der Waals surface area contributed by atoms with Gasteiger partial charge in [0.05, 0.1) is 0 Å².